The third-order valence-electron chi connectivity index (χ3n) is 5.63. The van der Waals surface area contributed by atoms with Crippen LogP contribution in [0.15, 0.2) is 40.8 Å². The molecule has 1 aromatic carbocycles. The summed E-state index contributed by atoms with van der Waals surface area (Å²) in [5.74, 6) is -0.267. The maximum absolute atomic E-state index is 12.9. The number of para-hydroxylation sites is 1. The number of benzene rings is 1. The Morgan fingerprint density at radius 3 is 2.59 bits per heavy atom. The molecule has 1 aliphatic carbocycles. The van der Waals surface area contributed by atoms with E-state index in [0.717, 1.165) is 19.3 Å². The second-order valence-corrected chi connectivity index (χ2v) is 9.46. The minimum absolute atomic E-state index is 0.0378. The van der Waals surface area contributed by atoms with Crippen LogP contribution in [0.1, 0.15) is 44.9 Å². The first-order valence-electron chi connectivity index (χ1n) is 10.1. The van der Waals surface area contributed by atoms with Crippen LogP contribution >= 0.6 is 0 Å². The summed E-state index contributed by atoms with van der Waals surface area (Å²) in [6, 6.07) is 5.36. The normalized spacial score (nSPS) is 18.8. The van der Waals surface area contributed by atoms with Crippen molar-refractivity contribution in [3.63, 3.8) is 0 Å². The van der Waals surface area contributed by atoms with E-state index in [-0.39, 0.29) is 29.8 Å². The van der Waals surface area contributed by atoms with Gasteiger partial charge in [-0.15, -0.1) is 0 Å². The monoisotopic (exact) mass is 421 g/mol. The van der Waals surface area contributed by atoms with Crippen molar-refractivity contribution in [3.05, 3.63) is 46.0 Å². The smallest absolute Gasteiger partial charge is 0.289 e. The molecule has 3 rings (SSSR count). The van der Waals surface area contributed by atoms with Gasteiger partial charge in [0.2, 0.25) is 15.9 Å². The molecule has 1 N–H and O–H groups in total. The number of allylic oxidation sites excluding steroid dienone is 1. The van der Waals surface area contributed by atoms with E-state index in [0.29, 0.717) is 19.4 Å². The Bertz CT molecular complexity index is 889. The first-order valence-corrected chi connectivity index (χ1v) is 11.5. The lowest BCUT2D eigenvalue weighted by molar-refractivity contribution is -0.387. The molecule has 0 saturated carbocycles. The second-order valence-electron chi connectivity index (χ2n) is 7.55. The number of hydrogen-bond acceptors (Lipinski definition) is 5. The Hall–Kier alpha value is -2.26. The van der Waals surface area contributed by atoms with E-state index < -0.39 is 20.6 Å². The molecule has 1 heterocycles. The van der Waals surface area contributed by atoms with Crippen molar-refractivity contribution in [2.75, 3.05) is 19.6 Å². The Morgan fingerprint density at radius 1 is 1.21 bits per heavy atom. The fourth-order valence-electron chi connectivity index (χ4n) is 3.95. The molecule has 0 bridgehead atoms. The van der Waals surface area contributed by atoms with Crippen molar-refractivity contribution in [2.45, 2.75) is 49.8 Å². The van der Waals surface area contributed by atoms with Gasteiger partial charge in [-0.2, -0.15) is 4.31 Å². The molecule has 0 atom stereocenters. The van der Waals surface area contributed by atoms with Gasteiger partial charge in [0, 0.05) is 31.6 Å². The summed E-state index contributed by atoms with van der Waals surface area (Å²) in [5.41, 5.74) is 0.978. The van der Waals surface area contributed by atoms with Crippen LogP contribution in [0, 0.1) is 16.0 Å². The minimum Gasteiger partial charge on any atom is -0.356 e. The van der Waals surface area contributed by atoms with Gasteiger partial charge in [0.25, 0.3) is 5.69 Å². The number of nitrogens with one attached hydrogen (secondary N) is 1. The van der Waals surface area contributed by atoms with Gasteiger partial charge in [-0.1, -0.05) is 23.8 Å². The Balaban J connectivity index is 1.54. The number of hydrogen-bond donors (Lipinski definition) is 1. The topological polar surface area (TPSA) is 110 Å². The molecule has 158 valence electrons. The van der Waals surface area contributed by atoms with Gasteiger partial charge in [-0.25, -0.2) is 8.42 Å². The predicted molar refractivity (Wildman–Crippen MR) is 109 cm³/mol. The van der Waals surface area contributed by atoms with E-state index in [1.165, 1.54) is 47.0 Å². The van der Waals surface area contributed by atoms with Crippen LogP contribution in [0.3, 0.4) is 0 Å². The lowest BCUT2D eigenvalue weighted by Crippen LogP contribution is -2.43. The van der Waals surface area contributed by atoms with Gasteiger partial charge in [-0.3, -0.25) is 14.9 Å². The largest absolute Gasteiger partial charge is 0.356 e. The molecule has 1 amide bonds. The molecule has 29 heavy (non-hydrogen) atoms. The maximum atomic E-state index is 12.9. The van der Waals surface area contributed by atoms with E-state index in [2.05, 4.69) is 11.4 Å². The third-order valence-corrected chi connectivity index (χ3v) is 7.58. The van der Waals surface area contributed by atoms with E-state index in [1.807, 2.05) is 0 Å². The highest BCUT2D eigenvalue weighted by molar-refractivity contribution is 7.89. The number of carbonyl (C=O) groups excluding carboxylic acids is 1. The van der Waals surface area contributed by atoms with E-state index in [4.69, 9.17) is 0 Å². The zero-order valence-corrected chi connectivity index (χ0v) is 17.2. The van der Waals surface area contributed by atoms with Crippen LogP contribution in [0.5, 0.6) is 0 Å². The summed E-state index contributed by atoms with van der Waals surface area (Å²) in [6.45, 7) is 0.967. The molecule has 8 nitrogen and oxygen atoms in total. The molecule has 0 unspecified atom stereocenters. The second kappa shape index (κ2) is 9.49. The molecule has 9 heteroatoms. The van der Waals surface area contributed by atoms with E-state index >= 15 is 0 Å². The van der Waals surface area contributed by atoms with Gasteiger partial charge >= 0.3 is 0 Å². The van der Waals surface area contributed by atoms with Crippen LogP contribution in [0.2, 0.25) is 0 Å². The number of nitro benzene ring substituents is 1. The first-order chi connectivity index (χ1) is 13.9. The number of piperidine rings is 1. The zero-order chi connectivity index (χ0) is 20.9. The number of nitrogens with zero attached hydrogens (tertiary/aromatic N) is 2. The Labute approximate surface area is 171 Å². The average molecular weight is 422 g/mol. The molecule has 1 aromatic rings. The summed E-state index contributed by atoms with van der Waals surface area (Å²) in [7, 11) is -3.97. The van der Waals surface area contributed by atoms with Crippen LogP contribution in [-0.2, 0) is 14.8 Å². The average Bonchev–Trinajstić information content (AvgIpc) is 2.74. The summed E-state index contributed by atoms with van der Waals surface area (Å²) < 4.78 is 26.9. The first kappa shape index (κ1) is 21.4. The molecular formula is C20H27N3O5S. The molecule has 0 radical (unpaired) electrons. The number of rotatable bonds is 7. The lowest BCUT2D eigenvalue weighted by atomic mass is 9.96. The van der Waals surface area contributed by atoms with Gasteiger partial charge in [0.15, 0.2) is 4.90 Å². The van der Waals surface area contributed by atoms with Crippen LogP contribution in [0.4, 0.5) is 5.69 Å². The summed E-state index contributed by atoms with van der Waals surface area (Å²) >= 11 is 0. The van der Waals surface area contributed by atoms with Crippen LogP contribution in [-0.4, -0.2) is 43.2 Å². The highest BCUT2D eigenvalue weighted by atomic mass is 32.2. The number of amides is 1. The van der Waals surface area contributed by atoms with Gasteiger partial charge < -0.3 is 5.32 Å². The molecule has 1 fully saturated rings. The maximum Gasteiger partial charge on any atom is 0.289 e. The van der Waals surface area contributed by atoms with Crippen molar-refractivity contribution in [3.8, 4) is 0 Å². The Morgan fingerprint density at radius 2 is 1.93 bits per heavy atom. The number of nitro groups is 1. The van der Waals surface area contributed by atoms with Crippen molar-refractivity contribution < 1.29 is 18.1 Å². The Kier molecular flexibility index (Phi) is 7.02. The lowest BCUT2D eigenvalue weighted by Gasteiger charge is -2.30. The standard InChI is InChI=1S/C20H27N3O5S/c24-20(21-13-10-16-6-2-1-3-7-16)17-11-14-22(15-12-17)29(27,28)19-9-5-4-8-18(19)23(25)26/h4-6,8-9,17H,1-3,7,10-15H2,(H,21,24). The van der Waals surface area contributed by atoms with E-state index in [9.17, 15) is 23.3 Å². The molecule has 0 aromatic heterocycles. The summed E-state index contributed by atoms with van der Waals surface area (Å²) in [5, 5.41) is 14.1. The highest BCUT2D eigenvalue weighted by Gasteiger charge is 2.35. The van der Waals surface area contributed by atoms with Gasteiger partial charge in [0.05, 0.1) is 4.92 Å². The summed E-state index contributed by atoms with van der Waals surface area (Å²) in [4.78, 5) is 22.6. The minimum atomic E-state index is -3.97. The SMILES string of the molecule is O=C(NCCC1=CCCCC1)C1CCN(S(=O)(=O)c2ccccc2[N+](=O)[O-])CC1. The summed E-state index contributed by atoms with van der Waals surface area (Å²) in [6.07, 6.45) is 8.64. The molecule has 1 aliphatic heterocycles. The van der Waals surface area contributed by atoms with Gasteiger partial charge in [-0.05, 0) is 51.0 Å². The molecule has 1 saturated heterocycles. The number of carbonyl (C=O) groups is 1. The third kappa shape index (κ3) is 5.22. The van der Waals surface area contributed by atoms with Crippen molar-refractivity contribution >= 4 is 21.6 Å². The van der Waals surface area contributed by atoms with Crippen molar-refractivity contribution in [1.29, 1.82) is 0 Å². The highest BCUT2D eigenvalue weighted by Crippen LogP contribution is 2.29. The van der Waals surface area contributed by atoms with Gasteiger partial charge in [0.1, 0.15) is 0 Å². The molecule has 2 aliphatic rings. The van der Waals surface area contributed by atoms with Crippen molar-refractivity contribution in [2.24, 2.45) is 5.92 Å². The molecule has 0 spiro atoms. The predicted octanol–water partition coefficient (Wildman–Crippen LogP) is 3.00. The van der Waals surface area contributed by atoms with Crippen molar-refractivity contribution in [1.82, 2.24) is 9.62 Å². The number of sulfonamides is 1. The fourth-order valence-corrected chi connectivity index (χ4v) is 5.57. The van der Waals surface area contributed by atoms with Crippen LogP contribution < -0.4 is 5.32 Å². The van der Waals surface area contributed by atoms with E-state index in [1.54, 1.807) is 0 Å². The zero-order valence-electron chi connectivity index (χ0n) is 16.4. The van der Waals surface area contributed by atoms with Crippen LogP contribution in [0.25, 0.3) is 0 Å². The fraction of sp³-hybridized carbons (Fsp3) is 0.550. The molecular weight excluding hydrogens is 394 g/mol. The quantitative estimate of drug-likeness (QED) is 0.413.